The summed E-state index contributed by atoms with van der Waals surface area (Å²) in [5.74, 6) is -3.18. The van der Waals surface area contributed by atoms with Gasteiger partial charge in [-0.1, -0.05) is 12.2 Å². The summed E-state index contributed by atoms with van der Waals surface area (Å²) in [6.45, 7) is 0. The minimum absolute atomic E-state index is 0.0417. The fraction of sp³-hybridized carbons (Fsp3) is 0.471. The van der Waals surface area contributed by atoms with Crippen molar-refractivity contribution in [3.05, 3.63) is 28.2 Å². The minimum atomic E-state index is -0.934. The Labute approximate surface area is 142 Å². The number of aliphatic carboxylic acids is 1. The molecule has 4 atom stereocenters. The Morgan fingerprint density at radius 2 is 1.88 bits per heavy atom. The fourth-order valence-electron chi connectivity index (χ4n) is 4.46. The minimum Gasteiger partial charge on any atom is -0.481 e. The maximum Gasteiger partial charge on any atom is 0.307 e. The highest BCUT2D eigenvalue weighted by Crippen LogP contribution is 2.49. The van der Waals surface area contributed by atoms with E-state index >= 15 is 0 Å². The molecule has 4 rings (SSSR count). The Morgan fingerprint density at radius 3 is 2.54 bits per heavy atom. The summed E-state index contributed by atoms with van der Waals surface area (Å²) in [5.41, 5.74) is 6.87. The van der Waals surface area contributed by atoms with Gasteiger partial charge in [-0.2, -0.15) is 0 Å². The van der Waals surface area contributed by atoms with Gasteiger partial charge in [0.1, 0.15) is 5.00 Å². The molecule has 2 amide bonds. The van der Waals surface area contributed by atoms with Gasteiger partial charge in [0.15, 0.2) is 0 Å². The lowest BCUT2D eigenvalue weighted by Crippen LogP contribution is -2.36. The maximum absolute atomic E-state index is 12.8. The number of fused-ring (bicyclic) bond motifs is 3. The van der Waals surface area contributed by atoms with Crippen LogP contribution in [-0.2, 0) is 22.4 Å². The van der Waals surface area contributed by atoms with Crippen LogP contribution in [0.5, 0.6) is 0 Å². The standard InChI is InChI=1S/C17H18N2O4S/c18-14(20)13-9-2-1-3-10(9)24-16(13)19-15(21)11-7-4-5-8(6-7)12(11)17(22)23/h4-5,7-8,11-12H,1-3,6H2,(H2,18,20)(H,19,21)(H,22,23)/t7-,8+,11-,12+/m1/s1. The molecule has 0 aromatic carbocycles. The van der Waals surface area contributed by atoms with Crippen LogP contribution in [0.4, 0.5) is 5.00 Å². The molecule has 4 N–H and O–H groups in total. The molecular weight excluding hydrogens is 328 g/mol. The third-order valence-electron chi connectivity index (χ3n) is 5.45. The van der Waals surface area contributed by atoms with E-state index in [4.69, 9.17) is 5.73 Å². The molecule has 6 nitrogen and oxygen atoms in total. The van der Waals surface area contributed by atoms with Crippen molar-refractivity contribution in [3.8, 4) is 0 Å². The normalized spacial score (nSPS) is 29.7. The number of rotatable bonds is 4. The first-order chi connectivity index (χ1) is 11.5. The fourth-order valence-corrected chi connectivity index (χ4v) is 5.76. The first-order valence-corrected chi connectivity index (χ1v) is 8.95. The zero-order valence-electron chi connectivity index (χ0n) is 13.0. The van der Waals surface area contributed by atoms with Crippen molar-refractivity contribution in [2.75, 3.05) is 5.32 Å². The van der Waals surface area contributed by atoms with Crippen molar-refractivity contribution in [1.82, 2.24) is 0 Å². The molecule has 0 aliphatic heterocycles. The molecule has 1 aromatic heterocycles. The number of allylic oxidation sites excluding steroid dienone is 2. The molecular formula is C17H18N2O4S. The summed E-state index contributed by atoms with van der Waals surface area (Å²) < 4.78 is 0. The van der Waals surface area contributed by atoms with E-state index in [-0.39, 0.29) is 17.7 Å². The van der Waals surface area contributed by atoms with Crippen LogP contribution in [0.25, 0.3) is 0 Å². The van der Waals surface area contributed by atoms with E-state index in [9.17, 15) is 19.5 Å². The van der Waals surface area contributed by atoms with Gasteiger partial charge in [0, 0.05) is 4.88 Å². The molecule has 1 fully saturated rings. The lowest BCUT2D eigenvalue weighted by atomic mass is 9.82. The van der Waals surface area contributed by atoms with Crippen LogP contribution < -0.4 is 11.1 Å². The maximum atomic E-state index is 12.8. The predicted octanol–water partition coefficient (Wildman–Crippen LogP) is 1.80. The monoisotopic (exact) mass is 346 g/mol. The van der Waals surface area contributed by atoms with E-state index in [1.54, 1.807) is 0 Å². The average Bonchev–Trinajstić information content (AvgIpc) is 3.24. The van der Waals surface area contributed by atoms with Gasteiger partial charge in [-0.05, 0) is 43.1 Å². The highest BCUT2D eigenvalue weighted by atomic mass is 32.1. The lowest BCUT2D eigenvalue weighted by Gasteiger charge is -2.23. The number of hydrogen-bond acceptors (Lipinski definition) is 4. The molecule has 3 aliphatic carbocycles. The second-order valence-electron chi connectivity index (χ2n) is 6.75. The van der Waals surface area contributed by atoms with Crippen LogP contribution in [-0.4, -0.2) is 22.9 Å². The quantitative estimate of drug-likeness (QED) is 0.722. The molecule has 0 unspecified atom stereocenters. The predicted molar refractivity (Wildman–Crippen MR) is 88.8 cm³/mol. The van der Waals surface area contributed by atoms with Crippen LogP contribution in [0, 0.1) is 23.7 Å². The SMILES string of the molecule is NC(=O)c1c(NC(=O)[C@H]2[C@@H](C(=O)O)[C@H]3C=C[C@@H]2C3)sc2c1CCC2. The third kappa shape index (κ3) is 2.18. The molecule has 0 spiro atoms. The van der Waals surface area contributed by atoms with Crippen molar-refractivity contribution in [1.29, 1.82) is 0 Å². The number of nitrogens with one attached hydrogen (secondary N) is 1. The molecule has 126 valence electrons. The number of anilines is 1. The first kappa shape index (κ1) is 15.4. The van der Waals surface area contributed by atoms with E-state index in [1.165, 1.54) is 11.3 Å². The second-order valence-corrected chi connectivity index (χ2v) is 7.86. The van der Waals surface area contributed by atoms with Gasteiger partial charge < -0.3 is 16.2 Å². The topological polar surface area (TPSA) is 109 Å². The summed E-state index contributed by atoms with van der Waals surface area (Å²) >= 11 is 1.40. The van der Waals surface area contributed by atoms with Gasteiger partial charge in [0.25, 0.3) is 5.91 Å². The zero-order valence-corrected chi connectivity index (χ0v) is 13.8. The van der Waals surface area contributed by atoms with Gasteiger partial charge >= 0.3 is 5.97 Å². The van der Waals surface area contributed by atoms with Gasteiger partial charge in [-0.3, -0.25) is 14.4 Å². The number of thiophene rings is 1. The Hall–Kier alpha value is -2.15. The highest BCUT2D eigenvalue weighted by Gasteiger charge is 2.51. The number of carbonyl (C=O) groups is 3. The summed E-state index contributed by atoms with van der Waals surface area (Å²) in [5, 5.41) is 12.8. The van der Waals surface area contributed by atoms with E-state index in [1.807, 2.05) is 12.2 Å². The van der Waals surface area contributed by atoms with Crippen molar-refractivity contribution in [2.24, 2.45) is 29.4 Å². The molecule has 0 saturated heterocycles. The molecule has 24 heavy (non-hydrogen) atoms. The number of amides is 2. The summed E-state index contributed by atoms with van der Waals surface area (Å²) in [6, 6.07) is 0. The number of nitrogens with two attached hydrogens (primary N) is 1. The van der Waals surface area contributed by atoms with E-state index < -0.39 is 23.7 Å². The van der Waals surface area contributed by atoms with Crippen LogP contribution in [0.2, 0.25) is 0 Å². The molecule has 1 saturated carbocycles. The van der Waals surface area contributed by atoms with Gasteiger partial charge in [0.05, 0.1) is 17.4 Å². The number of carboxylic acid groups (broad SMARTS) is 1. The number of primary amides is 1. The van der Waals surface area contributed by atoms with E-state index in [0.29, 0.717) is 17.0 Å². The summed E-state index contributed by atoms with van der Waals surface area (Å²) in [6.07, 6.45) is 7.24. The van der Waals surface area contributed by atoms with Crippen molar-refractivity contribution in [2.45, 2.75) is 25.7 Å². The van der Waals surface area contributed by atoms with Crippen LogP contribution in [0.3, 0.4) is 0 Å². The molecule has 0 radical (unpaired) electrons. The largest absolute Gasteiger partial charge is 0.481 e. The molecule has 2 bridgehead atoms. The highest BCUT2D eigenvalue weighted by molar-refractivity contribution is 7.17. The van der Waals surface area contributed by atoms with Crippen molar-refractivity contribution in [3.63, 3.8) is 0 Å². The first-order valence-electron chi connectivity index (χ1n) is 8.13. The van der Waals surface area contributed by atoms with Gasteiger partial charge in [-0.25, -0.2) is 0 Å². The number of aryl methyl sites for hydroxylation is 1. The van der Waals surface area contributed by atoms with E-state index in [0.717, 1.165) is 29.7 Å². The van der Waals surface area contributed by atoms with Crippen LogP contribution in [0.15, 0.2) is 12.2 Å². The molecule has 7 heteroatoms. The molecule has 1 aromatic rings. The summed E-state index contributed by atoms with van der Waals surface area (Å²) in [4.78, 5) is 37.2. The van der Waals surface area contributed by atoms with Crippen molar-refractivity contribution < 1.29 is 19.5 Å². The Bertz CT molecular complexity index is 782. The number of carbonyl (C=O) groups excluding carboxylic acids is 2. The Kier molecular flexibility index (Phi) is 3.49. The van der Waals surface area contributed by atoms with Crippen LogP contribution >= 0.6 is 11.3 Å². The zero-order chi connectivity index (χ0) is 17.0. The van der Waals surface area contributed by atoms with Gasteiger partial charge in [0.2, 0.25) is 5.91 Å². The van der Waals surface area contributed by atoms with Gasteiger partial charge in [-0.15, -0.1) is 11.3 Å². The van der Waals surface area contributed by atoms with E-state index in [2.05, 4.69) is 5.32 Å². The second kappa shape index (κ2) is 5.44. The average molecular weight is 346 g/mol. The lowest BCUT2D eigenvalue weighted by molar-refractivity contribution is -0.146. The molecule has 1 heterocycles. The Balaban J connectivity index is 1.62. The molecule has 3 aliphatic rings. The van der Waals surface area contributed by atoms with Crippen LogP contribution in [0.1, 0.15) is 33.6 Å². The third-order valence-corrected chi connectivity index (χ3v) is 6.66. The smallest absolute Gasteiger partial charge is 0.307 e. The Morgan fingerprint density at radius 1 is 1.17 bits per heavy atom. The van der Waals surface area contributed by atoms with Crippen molar-refractivity contribution >= 4 is 34.1 Å². The number of hydrogen-bond donors (Lipinski definition) is 3. The number of carboxylic acids is 1. The summed E-state index contributed by atoms with van der Waals surface area (Å²) in [7, 11) is 0.